The molecule has 0 aliphatic carbocycles. The van der Waals surface area contributed by atoms with Gasteiger partial charge in [0.15, 0.2) is 5.78 Å². The van der Waals surface area contributed by atoms with Crippen LogP contribution in [0.2, 0.25) is 0 Å². The lowest BCUT2D eigenvalue weighted by Crippen LogP contribution is -2.14. The summed E-state index contributed by atoms with van der Waals surface area (Å²) in [7, 11) is 0. The van der Waals surface area contributed by atoms with Crippen LogP contribution in [-0.4, -0.2) is 15.7 Å². The molecule has 1 N–H and O–H groups in total. The number of benzene rings is 1. The number of hydrogen-bond donors (Lipinski definition) is 1. The third-order valence-corrected chi connectivity index (χ3v) is 3.79. The molecule has 0 aliphatic rings. The van der Waals surface area contributed by atoms with Crippen LogP contribution in [0.5, 0.6) is 0 Å². The van der Waals surface area contributed by atoms with E-state index in [0.29, 0.717) is 11.1 Å². The van der Waals surface area contributed by atoms with Gasteiger partial charge in [0, 0.05) is 35.2 Å². The fourth-order valence-corrected chi connectivity index (χ4v) is 2.75. The number of non-ortho nitro benzene ring substituents is 1. The van der Waals surface area contributed by atoms with Crippen LogP contribution in [0.25, 0.3) is 10.9 Å². The number of nitro groups is 1. The standard InChI is InChI=1S/C16H20N2O3/c1-3-5-11(6-4-2)16(19)14-10-17-15-9-12(18(20)21)7-8-13(14)15/h7-11,17H,3-6H2,1-2H3. The van der Waals surface area contributed by atoms with Gasteiger partial charge in [-0.2, -0.15) is 0 Å². The first-order valence-electron chi connectivity index (χ1n) is 7.38. The number of nitrogens with zero attached hydrogens (tertiary/aromatic N) is 1. The van der Waals surface area contributed by atoms with E-state index in [4.69, 9.17) is 0 Å². The SMILES string of the molecule is CCCC(CCC)C(=O)c1c[nH]c2cc([N+](=O)[O-])ccc12. The van der Waals surface area contributed by atoms with Gasteiger partial charge in [-0.3, -0.25) is 14.9 Å². The van der Waals surface area contributed by atoms with Crippen LogP contribution in [-0.2, 0) is 0 Å². The molecule has 0 spiro atoms. The summed E-state index contributed by atoms with van der Waals surface area (Å²) < 4.78 is 0. The summed E-state index contributed by atoms with van der Waals surface area (Å²) in [5, 5.41) is 11.6. The number of nitro benzene ring substituents is 1. The topological polar surface area (TPSA) is 76.0 Å². The minimum absolute atomic E-state index is 0.0296. The number of H-pyrrole nitrogens is 1. The Kier molecular flexibility index (Phi) is 4.73. The van der Waals surface area contributed by atoms with Gasteiger partial charge in [0.1, 0.15) is 0 Å². The molecular formula is C16H20N2O3. The first-order valence-corrected chi connectivity index (χ1v) is 7.38. The summed E-state index contributed by atoms with van der Waals surface area (Å²) in [6, 6.07) is 4.58. The molecule has 112 valence electrons. The second-order valence-electron chi connectivity index (χ2n) is 5.33. The van der Waals surface area contributed by atoms with Crippen molar-refractivity contribution in [2.24, 2.45) is 5.92 Å². The maximum absolute atomic E-state index is 12.7. The second kappa shape index (κ2) is 6.52. The van der Waals surface area contributed by atoms with E-state index in [1.54, 1.807) is 12.3 Å². The molecule has 5 heteroatoms. The molecule has 2 aromatic rings. The molecule has 1 heterocycles. The molecule has 0 aliphatic heterocycles. The van der Waals surface area contributed by atoms with Crippen LogP contribution in [0, 0.1) is 16.0 Å². The lowest BCUT2D eigenvalue weighted by atomic mass is 9.89. The predicted molar refractivity (Wildman–Crippen MR) is 82.6 cm³/mol. The number of fused-ring (bicyclic) bond motifs is 1. The van der Waals surface area contributed by atoms with Crippen LogP contribution in [0.3, 0.4) is 0 Å². The smallest absolute Gasteiger partial charge is 0.271 e. The second-order valence-corrected chi connectivity index (χ2v) is 5.33. The van der Waals surface area contributed by atoms with E-state index in [9.17, 15) is 14.9 Å². The highest BCUT2D eigenvalue weighted by molar-refractivity contribution is 6.09. The first-order chi connectivity index (χ1) is 10.1. The number of aromatic nitrogens is 1. The number of ketones is 1. The Morgan fingerprint density at radius 3 is 2.52 bits per heavy atom. The van der Waals surface area contributed by atoms with Gasteiger partial charge in [-0.1, -0.05) is 26.7 Å². The molecular weight excluding hydrogens is 268 g/mol. The third-order valence-electron chi connectivity index (χ3n) is 3.79. The van der Waals surface area contributed by atoms with Crippen LogP contribution in [0.1, 0.15) is 49.9 Å². The van der Waals surface area contributed by atoms with E-state index in [-0.39, 0.29) is 17.4 Å². The molecule has 5 nitrogen and oxygen atoms in total. The van der Waals surface area contributed by atoms with E-state index in [1.807, 2.05) is 0 Å². The van der Waals surface area contributed by atoms with Gasteiger partial charge in [-0.25, -0.2) is 0 Å². The summed E-state index contributed by atoms with van der Waals surface area (Å²) >= 11 is 0. The van der Waals surface area contributed by atoms with Gasteiger partial charge >= 0.3 is 0 Å². The first kappa shape index (κ1) is 15.2. The summed E-state index contributed by atoms with van der Waals surface area (Å²) in [6.45, 7) is 4.16. The quantitative estimate of drug-likeness (QED) is 0.463. The Balaban J connectivity index is 2.37. The van der Waals surface area contributed by atoms with E-state index in [2.05, 4.69) is 18.8 Å². The maximum Gasteiger partial charge on any atom is 0.271 e. The summed E-state index contributed by atoms with van der Waals surface area (Å²) in [5.41, 5.74) is 1.31. The molecule has 0 unspecified atom stereocenters. The van der Waals surface area contributed by atoms with E-state index >= 15 is 0 Å². The Morgan fingerprint density at radius 2 is 1.95 bits per heavy atom. The van der Waals surface area contributed by atoms with Crippen LogP contribution >= 0.6 is 0 Å². The highest BCUT2D eigenvalue weighted by atomic mass is 16.6. The average Bonchev–Trinajstić information content (AvgIpc) is 2.89. The Hall–Kier alpha value is -2.17. The van der Waals surface area contributed by atoms with Crippen molar-refractivity contribution in [3.8, 4) is 0 Å². The highest BCUT2D eigenvalue weighted by Crippen LogP contribution is 2.27. The zero-order valence-corrected chi connectivity index (χ0v) is 12.4. The molecule has 1 aromatic heterocycles. The molecule has 0 saturated heterocycles. The van der Waals surface area contributed by atoms with Crippen molar-refractivity contribution < 1.29 is 9.72 Å². The van der Waals surface area contributed by atoms with Crippen molar-refractivity contribution in [2.45, 2.75) is 39.5 Å². The molecule has 0 atom stereocenters. The van der Waals surface area contributed by atoms with Gasteiger partial charge in [0.05, 0.1) is 10.4 Å². The summed E-state index contributed by atoms with van der Waals surface area (Å²) in [4.78, 5) is 26.0. The molecule has 0 bridgehead atoms. The molecule has 0 amide bonds. The maximum atomic E-state index is 12.7. The lowest BCUT2D eigenvalue weighted by molar-refractivity contribution is -0.384. The molecule has 0 radical (unpaired) electrons. The number of carbonyl (C=O) groups excluding carboxylic acids is 1. The van der Waals surface area contributed by atoms with E-state index in [0.717, 1.165) is 31.1 Å². The summed E-state index contributed by atoms with van der Waals surface area (Å²) in [6.07, 6.45) is 5.39. The van der Waals surface area contributed by atoms with E-state index in [1.165, 1.54) is 12.1 Å². The van der Waals surface area contributed by atoms with Crippen molar-refractivity contribution in [1.82, 2.24) is 4.98 Å². The van der Waals surface area contributed by atoms with Gasteiger partial charge in [-0.15, -0.1) is 0 Å². The normalized spacial score (nSPS) is 11.2. The van der Waals surface area contributed by atoms with Crippen LogP contribution < -0.4 is 0 Å². The minimum Gasteiger partial charge on any atom is -0.360 e. The molecule has 21 heavy (non-hydrogen) atoms. The molecule has 0 saturated carbocycles. The molecule has 0 fully saturated rings. The Labute approximate surface area is 123 Å². The van der Waals surface area contributed by atoms with Crippen molar-refractivity contribution in [2.75, 3.05) is 0 Å². The van der Waals surface area contributed by atoms with E-state index < -0.39 is 4.92 Å². The Morgan fingerprint density at radius 1 is 1.29 bits per heavy atom. The van der Waals surface area contributed by atoms with Gasteiger partial charge < -0.3 is 4.98 Å². The van der Waals surface area contributed by atoms with Gasteiger partial charge in [-0.05, 0) is 18.9 Å². The molecule has 1 aromatic carbocycles. The van der Waals surface area contributed by atoms with Gasteiger partial charge in [0.2, 0.25) is 0 Å². The third kappa shape index (κ3) is 3.12. The fourth-order valence-electron chi connectivity index (χ4n) is 2.75. The number of nitrogens with one attached hydrogen (secondary N) is 1. The van der Waals surface area contributed by atoms with Crippen LogP contribution in [0.4, 0.5) is 5.69 Å². The number of carbonyl (C=O) groups is 1. The Bertz CT molecular complexity index is 655. The zero-order valence-electron chi connectivity index (χ0n) is 12.4. The van der Waals surface area contributed by atoms with Crippen molar-refractivity contribution in [1.29, 1.82) is 0 Å². The minimum atomic E-state index is -0.432. The number of rotatable bonds is 7. The van der Waals surface area contributed by atoms with Crippen molar-refractivity contribution in [3.05, 3.63) is 40.1 Å². The highest BCUT2D eigenvalue weighted by Gasteiger charge is 2.22. The zero-order chi connectivity index (χ0) is 15.4. The van der Waals surface area contributed by atoms with Gasteiger partial charge in [0.25, 0.3) is 5.69 Å². The van der Waals surface area contributed by atoms with Crippen LogP contribution in [0.15, 0.2) is 24.4 Å². The monoisotopic (exact) mass is 288 g/mol. The fraction of sp³-hybridized carbons (Fsp3) is 0.438. The summed E-state index contributed by atoms with van der Waals surface area (Å²) in [5.74, 6) is 0.174. The largest absolute Gasteiger partial charge is 0.360 e. The predicted octanol–water partition coefficient (Wildman–Crippen LogP) is 4.48. The molecule has 2 rings (SSSR count). The van der Waals surface area contributed by atoms with Crippen molar-refractivity contribution >= 4 is 22.4 Å². The lowest BCUT2D eigenvalue weighted by Gasteiger charge is -2.13. The number of Topliss-reactive ketones (excluding diaryl/α,β-unsaturated/α-hetero) is 1. The average molecular weight is 288 g/mol. The number of aromatic amines is 1. The number of hydrogen-bond acceptors (Lipinski definition) is 3. The van der Waals surface area contributed by atoms with Crippen molar-refractivity contribution in [3.63, 3.8) is 0 Å².